The Hall–Kier alpha value is -2.94. The second-order valence-electron chi connectivity index (χ2n) is 7.58. The number of nitrogens with zero attached hydrogens (tertiary/aromatic N) is 3. The zero-order valence-corrected chi connectivity index (χ0v) is 18.4. The summed E-state index contributed by atoms with van der Waals surface area (Å²) in [6, 6.07) is 7.48. The van der Waals surface area contributed by atoms with Crippen LogP contribution in [-0.4, -0.2) is 78.1 Å². The number of benzene rings is 1. The van der Waals surface area contributed by atoms with Crippen molar-refractivity contribution >= 4 is 29.1 Å². The fraction of sp³-hybridized carbons (Fsp3) is 0.348. The fourth-order valence-electron chi connectivity index (χ4n) is 4.05. The molecule has 4 rings (SSSR count). The number of Topliss-reactive ketones (excluding diaryl/α,β-unsaturated/α-hetero) is 1. The van der Waals surface area contributed by atoms with E-state index in [0.717, 1.165) is 13.1 Å². The first kappa shape index (κ1) is 22.3. The van der Waals surface area contributed by atoms with Gasteiger partial charge in [0.1, 0.15) is 11.5 Å². The van der Waals surface area contributed by atoms with Crippen LogP contribution in [0.5, 0.6) is 5.75 Å². The van der Waals surface area contributed by atoms with E-state index in [2.05, 4.69) is 9.88 Å². The van der Waals surface area contributed by atoms with Crippen molar-refractivity contribution in [1.82, 2.24) is 14.8 Å². The third-order valence-corrected chi connectivity index (χ3v) is 6.04. The first-order chi connectivity index (χ1) is 15.5. The summed E-state index contributed by atoms with van der Waals surface area (Å²) >= 11 is 6.22. The Morgan fingerprint density at radius 2 is 1.91 bits per heavy atom. The number of carbonyl (C=O) groups excluding carboxylic acids is 2. The van der Waals surface area contributed by atoms with Gasteiger partial charge in [0.15, 0.2) is 0 Å². The van der Waals surface area contributed by atoms with Gasteiger partial charge >= 0.3 is 0 Å². The normalized spacial score (nSPS) is 21.2. The molecule has 1 aromatic carbocycles. The highest BCUT2D eigenvalue weighted by atomic mass is 35.5. The van der Waals surface area contributed by atoms with Gasteiger partial charge in [0.2, 0.25) is 0 Å². The molecule has 1 amide bonds. The Kier molecular flexibility index (Phi) is 6.74. The van der Waals surface area contributed by atoms with E-state index in [1.54, 1.807) is 36.7 Å². The minimum Gasteiger partial charge on any atom is -0.507 e. The average Bonchev–Trinajstić information content (AvgIpc) is 3.08. The molecule has 0 saturated carbocycles. The number of pyridine rings is 1. The molecule has 32 heavy (non-hydrogen) atoms. The van der Waals surface area contributed by atoms with Crippen LogP contribution in [0.1, 0.15) is 17.2 Å². The van der Waals surface area contributed by atoms with Crippen molar-refractivity contribution in [3.8, 4) is 5.75 Å². The number of aliphatic hydroxyl groups is 1. The van der Waals surface area contributed by atoms with E-state index in [-0.39, 0.29) is 11.3 Å². The highest BCUT2D eigenvalue weighted by Gasteiger charge is 2.46. The maximum absolute atomic E-state index is 13.1. The van der Waals surface area contributed by atoms with Crippen molar-refractivity contribution in [2.45, 2.75) is 6.04 Å². The number of carbonyl (C=O) groups is 2. The van der Waals surface area contributed by atoms with E-state index in [0.29, 0.717) is 48.2 Å². The largest absolute Gasteiger partial charge is 0.507 e. The molecule has 0 radical (unpaired) electrons. The number of likely N-dealkylation sites (tertiary alicyclic amines) is 1. The molecule has 1 N–H and O–H groups in total. The molecule has 2 saturated heterocycles. The van der Waals surface area contributed by atoms with Gasteiger partial charge in [-0.2, -0.15) is 0 Å². The molecule has 3 heterocycles. The van der Waals surface area contributed by atoms with Crippen molar-refractivity contribution < 1.29 is 24.2 Å². The highest BCUT2D eigenvalue weighted by Crippen LogP contribution is 2.40. The number of aliphatic hydroxyl groups excluding tert-OH is 1. The lowest BCUT2D eigenvalue weighted by Gasteiger charge is -2.31. The number of morpholine rings is 1. The molecule has 1 atom stereocenters. The molecule has 0 aliphatic carbocycles. The van der Waals surface area contributed by atoms with Crippen LogP contribution in [0.2, 0.25) is 5.02 Å². The van der Waals surface area contributed by atoms with E-state index in [4.69, 9.17) is 21.1 Å². The molecule has 2 aliphatic heterocycles. The van der Waals surface area contributed by atoms with E-state index < -0.39 is 17.7 Å². The zero-order valence-electron chi connectivity index (χ0n) is 17.7. The average molecular weight is 458 g/mol. The number of methoxy groups -OCH3 is 1. The van der Waals surface area contributed by atoms with Gasteiger partial charge in [-0.3, -0.25) is 19.5 Å². The molecule has 2 aromatic rings. The van der Waals surface area contributed by atoms with E-state index in [9.17, 15) is 14.7 Å². The van der Waals surface area contributed by atoms with Crippen molar-refractivity contribution in [2.24, 2.45) is 0 Å². The van der Waals surface area contributed by atoms with Gasteiger partial charge in [-0.1, -0.05) is 11.6 Å². The molecular weight excluding hydrogens is 434 g/mol. The monoisotopic (exact) mass is 457 g/mol. The fourth-order valence-corrected chi connectivity index (χ4v) is 4.30. The Labute approximate surface area is 191 Å². The molecule has 0 bridgehead atoms. The minimum atomic E-state index is -0.724. The summed E-state index contributed by atoms with van der Waals surface area (Å²) in [4.78, 5) is 33.8. The van der Waals surface area contributed by atoms with Crippen LogP contribution in [0.25, 0.3) is 5.76 Å². The lowest BCUT2D eigenvalue weighted by atomic mass is 9.96. The first-order valence-electron chi connectivity index (χ1n) is 10.3. The van der Waals surface area contributed by atoms with Gasteiger partial charge in [0.05, 0.1) is 37.0 Å². The summed E-state index contributed by atoms with van der Waals surface area (Å²) in [5, 5.41) is 11.4. The number of halogens is 1. The number of ketones is 1. The number of rotatable bonds is 6. The second kappa shape index (κ2) is 9.68. The van der Waals surface area contributed by atoms with Gasteiger partial charge in [0, 0.05) is 44.1 Å². The second-order valence-corrected chi connectivity index (χ2v) is 7.98. The number of aromatic nitrogens is 1. The zero-order chi connectivity index (χ0) is 22.7. The quantitative estimate of drug-likeness (QED) is 0.404. The number of hydrogen-bond acceptors (Lipinski definition) is 7. The molecule has 0 unspecified atom stereocenters. The van der Waals surface area contributed by atoms with Crippen molar-refractivity contribution in [2.75, 3.05) is 46.5 Å². The standard InChI is InChI=1S/C23H24ClN3O5/c1-31-18-3-2-16(14-17(18)24)21(28)19-20(15-4-6-25-7-5-15)27(23(30)22(19)29)9-8-26-10-12-32-13-11-26/h2-7,14,20,28H,8-13H2,1H3/t20-/m0/s1. The van der Waals surface area contributed by atoms with Crippen LogP contribution < -0.4 is 4.74 Å². The Morgan fingerprint density at radius 3 is 2.56 bits per heavy atom. The molecule has 1 aromatic heterocycles. The number of ether oxygens (including phenoxy) is 2. The summed E-state index contributed by atoms with van der Waals surface area (Å²) in [6.07, 6.45) is 3.20. The van der Waals surface area contributed by atoms with Crippen molar-refractivity contribution in [3.63, 3.8) is 0 Å². The third kappa shape index (κ3) is 4.34. The van der Waals surface area contributed by atoms with Crippen LogP contribution >= 0.6 is 11.6 Å². The van der Waals surface area contributed by atoms with Crippen molar-refractivity contribution in [1.29, 1.82) is 0 Å². The number of hydrogen-bond donors (Lipinski definition) is 1. The summed E-state index contributed by atoms with van der Waals surface area (Å²) < 4.78 is 10.5. The topological polar surface area (TPSA) is 92.2 Å². The van der Waals surface area contributed by atoms with Crippen LogP contribution in [0.3, 0.4) is 0 Å². The van der Waals surface area contributed by atoms with Gasteiger partial charge in [0.25, 0.3) is 11.7 Å². The van der Waals surface area contributed by atoms with Gasteiger partial charge < -0.3 is 19.5 Å². The highest BCUT2D eigenvalue weighted by molar-refractivity contribution is 6.46. The Balaban J connectivity index is 1.72. The Morgan fingerprint density at radius 1 is 1.19 bits per heavy atom. The van der Waals surface area contributed by atoms with Crippen LogP contribution in [0.15, 0.2) is 48.3 Å². The molecule has 0 spiro atoms. The lowest BCUT2D eigenvalue weighted by Crippen LogP contribution is -2.42. The van der Waals surface area contributed by atoms with Gasteiger partial charge in [-0.05, 0) is 35.9 Å². The van der Waals surface area contributed by atoms with Gasteiger partial charge in [-0.15, -0.1) is 0 Å². The molecule has 2 fully saturated rings. The summed E-state index contributed by atoms with van der Waals surface area (Å²) in [5.74, 6) is -1.19. The third-order valence-electron chi connectivity index (χ3n) is 5.75. The molecule has 9 heteroatoms. The van der Waals surface area contributed by atoms with E-state index in [1.165, 1.54) is 18.1 Å². The van der Waals surface area contributed by atoms with Crippen LogP contribution in [0, 0.1) is 0 Å². The summed E-state index contributed by atoms with van der Waals surface area (Å²) in [6.45, 7) is 3.78. The van der Waals surface area contributed by atoms with Gasteiger partial charge in [-0.25, -0.2) is 0 Å². The Bertz CT molecular complexity index is 1040. The SMILES string of the molecule is COc1ccc(C(O)=C2C(=O)C(=O)N(CCN3CCOCC3)[C@H]2c2ccncc2)cc1Cl. The number of amides is 1. The molecule has 2 aliphatic rings. The summed E-state index contributed by atoms with van der Waals surface area (Å²) in [5.41, 5.74) is 1.06. The lowest BCUT2D eigenvalue weighted by molar-refractivity contribution is -0.140. The van der Waals surface area contributed by atoms with E-state index >= 15 is 0 Å². The predicted molar refractivity (Wildman–Crippen MR) is 119 cm³/mol. The molecular formula is C23H24ClN3O5. The summed E-state index contributed by atoms with van der Waals surface area (Å²) in [7, 11) is 1.49. The van der Waals surface area contributed by atoms with Crippen molar-refractivity contribution in [3.05, 3.63) is 64.4 Å². The smallest absolute Gasteiger partial charge is 0.295 e. The van der Waals surface area contributed by atoms with E-state index in [1.807, 2.05) is 0 Å². The maximum atomic E-state index is 13.1. The predicted octanol–water partition coefficient (Wildman–Crippen LogP) is 2.50. The minimum absolute atomic E-state index is 0.0319. The molecule has 8 nitrogen and oxygen atoms in total. The molecule has 168 valence electrons. The van der Waals surface area contributed by atoms with Crippen LogP contribution in [-0.2, 0) is 14.3 Å². The first-order valence-corrected chi connectivity index (χ1v) is 10.7. The van der Waals surface area contributed by atoms with Crippen LogP contribution in [0.4, 0.5) is 0 Å². The maximum Gasteiger partial charge on any atom is 0.295 e.